The molecule has 0 unspecified atom stereocenters. The van der Waals surface area contributed by atoms with Gasteiger partial charge in [0.05, 0.1) is 23.4 Å². The first kappa shape index (κ1) is 15.9. The van der Waals surface area contributed by atoms with Gasteiger partial charge in [-0.25, -0.2) is 4.90 Å². The van der Waals surface area contributed by atoms with Crippen molar-refractivity contribution in [3.8, 4) is 0 Å². The fraction of sp³-hybridized carbons (Fsp3) is 0.167. The van der Waals surface area contributed by atoms with Gasteiger partial charge in [-0.3, -0.25) is 14.4 Å². The number of carbonyl (C=O) groups excluding carboxylic acids is 3. The zero-order chi connectivity index (χ0) is 17.1. The minimum absolute atomic E-state index is 0.235. The van der Waals surface area contributed by atoms with Crippen LogP contribution in [0.1, 0.15) is 31.1 Å². The summed E-state index contributed by atoms with van der Waals surface area (Å²) in [5.74, 6) is -0.943. The lowest BCUT2D eigenvalue weighted by Gasteiger charge is -2.14. The van der Waals surface area contributed by atoms with E-state index in [1.54, 1.807) is 55.6 Å². The Hall–Kier alpha value is -2.99. The van der Waals surface area contributed by atoms with Crippen molar-refractivity contribution in [1.82, 2.24) is 5.32 Å². The molecule has 1 N–H and O–H groups in total. The zero-order valence-electron chi connectivity index (χ0n) is 13.1. The molecule has 6 heteroatoms. The fourth-order valence-electron chi connectivity index (χ4n) is 2.55. The quantitative estimate of drug-likeness (QED) is 0.673. The first-order valence-corrected chi connectivity index (χ1v) is 7.48. The topological polar surface area (TPSA) is 75.7 Å². The molecule has 0 atom stereocenters. The second kappa shape index (κ2) is 6.64. The number of nitrogens with zero attached hydrogens (tertiary/aromatic N) is 1. The molecule has 1 heterocycles. The van der Waals surface area contributed by atoms with Gasteiger partial charge in [0.25, 0.3) is 17.7 Å². The van der Waals surface area contributed by atoms with Crippen LogP contribution in [0.15, 0.2) is 48.5 Å². The summed E-state index contributed by atoms with van der Waals surface area (Å²) in [6.45, 7) is 0.842. The lowest BCUT2D eigenvalue weighted by molar-refractivity contribution is 0.0921. The van der Waals surface area contributed by atoms with Crippen molar-refractivity contribution in [2.75, 3.05) is 25.2 Å². The lowest BCUT2D eigenvalue weighted by atomic mass is 10.1. The largest absolute Gasteiger partial charge is 0.383 e. The third-order valence-electron chi connectivity index (χ3n) is 3.77. The minimum atomic E-state index is -0.354. The number of ether oxygens (including phenoxy) is 1. The van der Waals surface area contributed by atoms with E-state index in [9.17, 15) is 14.4 Å². The predicted octanol–water partition coefficient (Wildman–Crippen LogP) is 1.86. The van der Waals surface area contributed by atoms with Crippen molar-refractivity contribution in [1.29, 1.82) is 0 Å². The number of rotatable bonds is 5. The average molecular weight is 324 g/mol. The molecule has 1 aliphatic rings. The van der Waals surface area contributed by atoms with E-state index in [2.05, 4.69) is 5.32 Å². The Morgan fingerprint density at radius 2 is 1.58 bits per heavy atom. The molecule has 0 aromatic heterocycles. The first-order chi connectivity index (χ1) is 11.6. The van der Waals surface area contributed by atoms with Gasteiger partial charge in [0.15, 0.2) is 0 Å². The van der Waals surface area contributed by atoms with E-state index < -0.39 is 0 Å². The van der Waals surface area contributed by atoms with Crippen LogP contribution in [0, 0.1) is 0 Å². The van der Waals surface area contributed by atoms with E-state index >= 15 is 0 Å². The number of hydrogen-bond acceptors (Lipinski definition) is 4. The smallest absolute Gasteiger partial charge is 0.266 e. The maximum Gasteiger partial charge on any atom is 0.266 e. The molecule has 0 aliphatic carbocycles. The van der Waals surface area contributed by atoms with Gasteiger partial charge in [0, 0.05) is 19.2 Å². The maximum absolute atomic E-state index is 12.4. The Labute approximate surface area is 139 Å². The van der Waals surface area contributed by atoms with E-state index in [-0.39, 0.29) is 17.7 Å². The van der Waals surface area contributed by atoms with Gasteiger partial charge < -0.3 is 10.1 Å². The number of carbonyl (C=O) groups is 3. The van der Waals surface area contributed by atoms with Crippen molar-refractivity contribution in [3.05, 3.63) is 65.2 Å². The van der Waals surface area contributed by atoms with Crippen molar-refractivity contribution in [2.45, 2.75) is 0 Å². The lowest BCUT2D eigenvalue weighted by Crippen LogP contribution is -2.30. The van der Waals surface area contributed by atoms with Crippen LogP contribution >= 0.6 is 0 Å². The van der Waals surface area contributed by atoms with Gasteiger partial charge in [0.1, 0.15) is 0 Å². The number of fused-ring (bicyclic) bond motifs is 1. The van der Waals surface area contributed by atoms with E-state index in [4.69, 9.17) is 4.74 Å². The maximum atomic E-state index is 12.4. The number of nitrogens with one attached hydrogen (secondary N) is 1. The van der Waals surface area contributed by atoms with Crippen LogP contribution in [0.2, 0.25) is 0 Å². The Kier molecular flexibility index (Phi) is 4.39. The van der Waals surface area contributed by atoms with Crippen molar-refractivity contribution < 1.29 is 19.1 Å². The van der Waals surface area contributed by atoms with E-state index in [1.165, 1.54) is 0 Å². The molecule has 0 saturated heterocycles. The number of benzene rings is 2. The van der Waals surface area contributed by atoms with Crippen molar-refractivity contribution in [2.24, 2.45) is 0 Å². The molecule has 1 aliphatic heterocycles. The summed E-state index contributed by atoms with van der Waals surface area (Å²) in [7, 11) is 1.56. The molecule has 3 amide bonds. The molecule has 6 nitrogen and oxygen atoms in total. The van der Waals surface area contributed by atoms with Gasteiger partial charge >= 0.3 is 0 Å². The highest BCUT2D eigenvalue weighted by atomic mass is 16.5. The molecule has 3 rings (SSSR count). The van der Waals surface area contributed by atoms with Crippen LogP contribution in [-0.4, -0.2) is 38.0 Å². The Bertz CT molecular complexity index is 764. The van der Waals surface area contributed by atoms with Gasteiger partial charge in [-0.2, -0.15) is 0 Å². The predicted molar refractivity (Wildman–Crippen MR) is 88.2 cm³/mol. The summed E-state index contributed by atoms with van der Waals surface area (Å²) in [6, 6.07) is 13.1. The Morgan fingerprint density at radius 1 is 1.00 bits per heavy atom. The average Bonchev–Trinajstić information content (AvgIpc) is 2.87. The zero-order valence-corrected chi connectivity index (χ0v) is 13.1. The number of methoxy groups -OCH3 is 1. The van der Waals surface area contributed by atoms with Gasteiger partial charge in [0.2, 0.25) is 0 Å². The van der Waals surface area contributed by atoms with Crippen LogP contribution in [0.4, 0.5) is 5.69 Å². The third-order valence-corrected chi connectivity index (χ3v) is 3.77. The Morgan fingerprint density at radius 3 is 2.12 bits per heavy atom. The molecule has 0 bridgehead atoms. The number of hydrogen-bond donors (Lipinski definition) is 1. The van der Waals surface area contributed by atoms with Crippen LogP contribution in [0.25, 0.3) is 0 Å². The number of imide groups is 1. The summed E-state index contributed by atoms with van der Waals surface area (Å²) < 4.78 is 4.87. The molecule has 2 aromatic carbocycles. The molecule has 24 heavy (non-hydrogen) atoms. The highest BCUT2D eigenvalue weighted by molar-refractivity contribution is 6.34. The molecule has 0 spiro atoms. The summed E-state index contributed by atoms with van der Waals surface area (Å²) >= 11 is 0. The highest BCUT2D eigenvalue weighted by Crippen LogP contribution is 2.28. The van der Waals surface area contributed by atoms with E-state index in [0.29, 0.717) is 35.5 Å². The van der Waals surface area contributed by atoms with Crippen LogP contribution < -0.4 is 10.2 Å². The molecule has 122 valence electrons. The summed E-state index contributed by atoms with van der Waals surface area (Å²) in [4.78, 5) is 37.9. The van der Waals surface area contributed by atoms with Crippen molar-refractivity contribution >= 4 is 23.4 Å². The monoisotopic (exact) mass is 324 g/mol. The first-order valence-electron chi connectivity index (χ1n) is 7.48. The second-order valence-electron chi connectivity index (χ2n) is 5.29. The van der Waals surface area contributed by atoms with Crippen molar-refractivity contribution in [3.63, 3.8) is 0 Å². The van der Waals surface area contributed by atoms with Crippen LogP contribution in [0.5, 0.6) is 0 Å². The molecule has 0 radical (unpaired) electrons. The second-order valence-corrected chi connectivity index (χ2v) is 5.29. The van der Waals surface area contributed by atoms with Crippen LogP contribution in [-0.2, 0) is 4.74 Å². The summed E-state index contributed by atoms with van der Waals surface area (Å²) in [5.41, 5.74) is 1.67. The van der Waals surface area contributed by atoms with E-state index in [0.717, 1.165) is 4.90 Å². The molecule has 0 fully saturated rings. The molecule has 0 saturated carbocycles. The van der Waals surface area contributed by atoms with Gasteiger partial charge in [-0.15, -0.1) is 0 Å². The standard InChI is InChI=1S/C18H16N2O4/c1-24-11-10-19-16(21)12-6-8-13(9-7-12)20-17(22)14-4-2-3-5-15(14)18(20)23/h2-9H,10-11H2,1H3,(H,19,21). The highest BCUT2D eigenvalue weighted by Gasteiger charge is 2.36. The van der Waals surface area contributed by atoms with E-state index in [1.807, 2.05) is 0 Å². The third kappa shape index (κ3) is 2.79. The number of anilines is 1. The van der Waals surface area contributed by atoms with Crippen LogP contribution in [0.3, 0.4) is 0 Å². The SMILES string of the molecule is COCCNC(=O)c1ccc(N2C(=O)c3ccccc3C2=O)cc1. The van der Waals surface area contributed by atoms with Gasteiger partial charge in [-0.1, -0.05) is 12.1 Å². The number of amides is 3. The summed E-state index contributed by atoms with van der Waals surface area (Å²) in [6.07, 6.45) is 0. The normalized spacial score (nSPS) is 13.1. The minimum Gasteiger partial charge on any atom is -0.383 e. The fourth-order valence-corrected chi connectivity index (χ4v) is 2.55. The summed E-state index contributed by atoms with van der Waals surface area (Å²) in [5, 5.41) is 2.71. The Balaban J connectivity index is 1.79. The molecule has 2 aromatic rings. The van der Waals surface area contributed by atoms with Gasteiger partial charge in [-0.05, 0) is 36.4 Å². The molecular weight excluding hydrogens is 308 g/mol. The molecular formula is C18H16N2O4.